The normalized spacial score (nSPS) is 18.5. The van der Waals surface area contributed by atoms with Crippen molar-refractivity contribution in [3.63, 3.8) is 0 Å². The highest BCUT2D eigenvalue weighted by molar-refractivity contribution is 5.70. The van der Waals surface area contributed by atoms with Gasteiger partial charge in [0.15, 0.2) is 0 Å². The van der Waals surface area contributed by atoms with Crippen molar-refractivity contribution in [3.05, 3.63) is 51.8 Å². The predicted molar refractivity (Wildman–Crippen MR) is 80.4 cm³/mol. The topological polar surface area (TPSA) is 68.3 Å². The largest absolute Gasteiger partial charge is 0.459 e. The zero-order valence-corrected chi connectivity index (χ0v) is 12.6. The van der Waals surface area contributed by atoms with Crippen molar-refractivity contribution >= 4 is 5.69 Å². The summed E-state index contributed by atoms with van der Waals surface area (Å²) in [5, 5.41) is 14.5. The lowest BCUT2D eigenvalue weighted by atomic mass is 10.0. The van der Waals surface area contributed by atoms with Gasteiger partial charge in [-0.3, -0.25) is 10.1 Å². The maximum Gasteiger partial charge on any atom is 0.416 e. The molecule has 0 unspecified atom stereocenters. The summed E-state index contributed by atoms with van der Waals surface area (Å²) < 4.78 is 44.0. The molecular formula is C16H15F3N2O3. The molecule has 0 bridgehead atoms. The van der Waals surface area contributed by atoms with Gasteiger partial charge in [-0.1, -0.05) is 6.42 Å². The molecule has 1 fully saturated rings. The second-order valence-corrected chi connectivity index (χ2v) is 5.69. The zero-order valence-electron chi connectivity index (χ0n) is 12.6. The fraction of sp³-hybridized carbons (Fsp3) is 0.375. The fourth-order valence-corrected chi connectivity index (χ4v) is 2.85. The summed E-state index contributed by atoms with van der Waals surface area (Å²) in [6.07, 6.45) is -1.62. The molecule has 0 radical (unpaired) electrons. The minimum absolute atomic E-state index is 0.0287. The van der Waals surface area contributed by atoms with Crippen LogP contribution in [-0.4, -0.2) is 11.5 Å². The molecule has 0 spiro atoms. The number of furan rings is 1. The van der Waals surface area contributed by atoms with Gasteiger partial charge in [0, 0.05) is 6.07 Å². The molecular weight excluding hydrogens is 325 g/mol. The molecule has 0 aliphatic carbocycles. The first-order valence-electron chi connectivity index (χ1n) is 7.55. The van der Waals surface area contributed by atoms with Crippen LogP contribution in [0.2, 0.25) is 0 Å². The van der Waals surface area contributed by atoms with Crippen molar-refractivity contribution < 1.29 is 22.5 Å². The second-order valence-electron chi connectivity index (χ2n) is 5.69. The van der Waals surface area contributed by atoms with E-state index in [1.54, 1.807) is 12.1 Å². The van der Waals surface area contributed by atoms with Gasteiger partial charge in [0.2, 0.25) is 0 Å². The number of benzene rings is 1. The first-order valence-corrected chi connectivity index (χ1v) is 7.55. The Hall–Kier alpha value is -2.35. The SMILES string of the molecule is O=[N+]([O-])c1cc(C(F)(F)F)ccc1-c1ccc([C@H]2CCCCN2)o1. The van der Waals surface area contributed by atoms with E-state index in [2.05, 4.69) is 5.32 Å². The van der Waals surface area contributed by atoms with Crippen LogP contribution in [0.3, 0.4) is 0 Å². The van der Waals surface area contributed by atoms with Crippen molar-refractivity contribution in [1.29, 1.82) is 0 Å². The van der Waals surface area contributed by atoms with Crippen LogP contribution in [-0.2, 0) is 6.18 Å². The second kappa shape index (κ2) is 6.27. The van der Waals surface area contributed by atoms with Crippen LogP contribution in [0, 0.1) is 10.1 Å². The Bertz CT molecular complexity index is 749. The summed E-state index contributed by atoms with van der Waals surface area (Å²) in [6, 6.07) is 5.74. The van der Waals surface area contributed by atoms with E-state index in [0.717, 1.165) is 37.9 Å². The lowest BCUT2D eigenvalue weighted by Crippen LogP contribution is -2.26. The van der Waals surface area contributed by atoms with E-state index in [4.69, 9.17) is 4.42 Å². The number of piperidine rings is 1. The van der Waals surface area contributed by atoms with E-state index < -0.39 is 22.4 Å². The molecule has 5 nitrogen and oxygen atoms in total. The number of nitrogens with zero attached hydrogens (tertiary/aromatic N) is 1. The minimum Gasteiger partial charge on any atom is -0.459 e. The molecule has 3 rings (SSSR count). The number of nitro groups is 1. The first-order chi connectivity index (χ1) is 11.4. The average Bonchev–Trinajstić information content (AvgIpc) is 3.04. The Labute approximate surface area is 135 Å². The van der Waals surface area contributed by atoms with Gasteiger partial charge in [-0.2, -0.15) is 13.2 Å². The van der Waals surface area contributed by atoms with E-state index in [0.29, 0.717) is 11.8 Å². The quantitative estimate of drug-likeness (QED) is 0.650. The third-order valence-corrected chi connectivity index (χ3v) is 4.07. The number of rotatable bonds is 3. The van der Waals surface area contributed by atoms with Gasteiger partial charge in [-0.25, -0.2) is 0 Å². The Kier molecular flexibility index (Phi) is 4.31. The standard InChI is InChI=1S/C16H15F3N2O3/c17-16(18,19)10-4-5-11(13(9-10)21(22)23)14-6-7-15(24-14)12-3-1-2-8-20-12/h4-7,9,12,20H,1-3,8H2/t12-/m1/s1. The van der Waals surface area contributed by atoms with Gasteiger partial charge in [-0.15, -0.1) is 0 Å². The van der Waals surface area contributed by atoms with Crippen LogP contribution in [0.5, 0.6) is 0 Å². The van der Waals surface area contributed by atoms with E-state index in [-0.39, 0.29) is 17.4 Å². The molecule has 1 atom stereocenters. The lowest BCUT2D eigenvalue weighted by molar-refractivity contribution is -0.384. The molecule has 1 aromatic carbocycles. The fourth-order valence-electron chi connectivity index (χ4n) is 2.85. The highest BCUT2D eigenvalue weighted by Crippen LogP contribution is 2.38. The molecule has 2 heterocycles. The highest BCUT2D eigenvalue weighted by Gasteiger charge is 2.33. The van der Waals surface area contributed by atoms with E-state index in [1.807, 2.05) is 0 Å². The minimum atomic E-state index is -4.64. The Morgan fingerprint density at radius 1 is 1.21 bits per heavy atom. The zero-order chi connectivity index (χ0) is 17.3. The average molecular weight is 340 g/mol. The molecule has 8 heteroatoms. The molecule has 1 aromatic heterocycles. The summed E-state index contributed by atoms with van der Waals surface area (Å²) in [7, 11) is 0. The molecule has 1 aliphatic heterocycles. The maximum atomic E-state index is 12.8. The van der Waals surface area contributed by atoms with Gasteiger partial charge in [0.05, 0.1) is 22.1 Å². The summed E-state index contributed by atoms with van der Waals surface area (Å²) >= 11 is 0. The number of nitrogens with one attached hydrogen (secondary N) is 1. The summed E-state index contributed by atoms with van der Waals surface area (Å²) in [5.74, 6) is 0.830. The molecule has 1 aliphatic rings. The summed E-state index contributed by atoms with van der Waals surface area (Å²) in [6.45, 7) is 0.862. The number of alkyl halides is 3. The number of nitro benzene ring substituents is 1. The van der Waals surface area contributed by atoms with Gasteiger partial charge in [-0.05, 0) is 43.7 Å². The van der Waals surface area contributed by atoms with Crippen molar-refractivity contribution in [1.82, 2.24) is 5.32 Å². The molecule has 24 heavy (non-hydrogen) atoms. The Morgan fingerprint density at radius 2 is 2.00 bits per heavy atom. The van der Waals surface area contributed by atoms with Gasteiger partial charge in [0.1, 0.15) is 11.5 Å². The summed E-state index contributed by atoms with van der Waals surface area (Å²) in [5.41, 5.74) is -1.64. The van der Waals surface area contributed by atoms with E-state index in [1.165, 1.54) is 0 Å². The number of hydrogen-bond acceptors (Lipinski definition) is 4. The molecule has 128 valence electrons. The lowest BCUT2D eigenvalue weighted by Gasteiger charge is -2.21. The van der Waals surface area contributed by atoms with E-state index in [9.17, 15) is 23.3 Å². The molecule has 0 amide bonds. The Morgan fingerprint density at radius 3 is 2.62 bits per heavy atom. The van der Waals surface area contributed by atoms with Crippen LogP contribution in [0.25, 0.3) is 11.3 Å². The molecule has 2 aromatic rings. The monoisotopic (exact) mass is 340 g/mol. The van der Waals surface area contributed by atoms with Crippen LogP contribution < -0.4 is 5.32 Å². The maximum absolute atomic E-state index is 12.8. The van der Waals surface area contributed by atoms with Crippen molar-refractivity contribution in [3.8, 4) is 11.3 Å². The van der Waals surface area contributed by atoms with Gasteiger partial charge < -0.3 is 9.73 Å². The smallest absolute Gasteiger partial charge is 0.416 e. The Balaban J connectivity index is 1.97. The molecule has 0 saturated carbocycles. The third kappa shape index (κ3) is 3.28. The number of halogens is 3. The van der Waals surface area contributed by atoms with Gasteiger partial charge >= 0.3 is 6.18 Å². The van der Waals surface area contributed by atoms with E-state index >= 15 is 0 Å². The molecule has 1 saturated heterocycles. The number of hydrogen-bond donors (Lipinski definition) is 1. The van der Waals surface area contributed by atoms with Gasteiger partial charge in [0.25, 0.3) is 5.69 Å². The van der Waals surface area contributed by atoms with Crippen molar-refractivity contribution in [2.45, 2.75) is 31.5 Å². The third-order valence-electron chi connectivity index (χ3n) is 4.07. The van der Waals surface area contributed by atoms with Crippen LogP contribution in [0.15, 0.2) is 34.7 Å². The first kappa shape index (κ1) is 16.5. The van der Waals surface area contributed by atoms with Crippen LogP contribution in [0.4, 0.5) is 18.9 Å². The van der Waals surface area contributed by atoms with Crippen LogP contribution in [0.1, 0.15) is 36.6 Å². The highest BCUT2D eigenvalue weighted by atomic mass is 19.4. The molecule has 1 N–H and O–H groups in total. The van der Waals surface area contributed by atoms with Crippen LogP contribution >= 0.6 is 0 Å². The van der Waals surface area contributed by atoms with Crippen molar-refractivity contribution in [2.24, 2.45) is 0 Å². The van der Waals surface area contributed by atoms with Crippen molar-refractivity contribution in [2.75, 3.05) is 6.54 Å². The predicted octanol–water partition coefficient (Wildman–Crippen LogP) is 4.69. The summed E-state index contributed by atoms with van der Waals surface area (Å²) in [4.78, 5) is 10.3.